The number of rotatable bonds is 8. The van der Waals surface area contributed by atoms with Gasteiger partial charge >= 0.3 is 5.97 Å². The van der Waals surface area contributed by atoms with Crippen molar-refractivity contribution in [2.24, 2.45) is 0 Å². The van der Waals surface area contributed by atoms with E-state index in [2.05, 4.69) is 15.3 Å². The molecule has 0 radical (unpaired) electrons. The fourth-order valence-corrected chi connectivity index (χ4v) is 3.41. The molecule has 0 saturated heterocycles. The van der Waals surface area contributed by atoms with Gasteiger partial charge in [-0.15, -0.1) is 0 Å². The highest BCUT2D eigenvalue weighted by Crippen LogP contribution is 2.35. The van der Waals surface area contributed by atoms with Crippen LogP contribution in [0.4, 0.5) is 5.69 Å². The molecule has 0 amide bonds. The molecule has 0 aliphatic carbocycles. The minimum Gasteiger partial charge on any atom is -0.505 e. The molecule has 1 atom stereocenters. The Kier molecular flexibility index (Phi) is 6.57. The van der Waals surface area contributed by atoms with Crippen LogP contribution in [0.3, 0.4) is 0 Å². The van der Waals surface area contributed by atoms with E-state index in [1.807, 2.05) is 42.5 Å². The zero-order chi connectivity index (χ0) is 22.3. The van der Waals surface area contributed by atoms with Gasteiger partial charge in [-0.2, -0.15) is 0 Å². The quantitative estimate of drug-likeness (QED) is 0.318. The first-order chi connectivity index (χ1) is 15.7. The largest absolute Gasteiger partial charge is 0.505 e. The number of nitrogens with one attached hydrogen (secondary N) is 1. The fraction of sp³-hybridized carbons (Fsp3) is 0.160. The number of fused-ring (bicyclic) bond motifs is 1. The van der Waals surface area contributed by atoms with Crippen molar-refractivity contribution in [2.75, 3.05) is 25.6 Å². The van der Waals surface area contributed by atoms with E-state index in [4.69, 9.17) is 9.47 Å². The number of methoxy groups -OCH3 is 1. The Labute approximate surface area is 185 Å². The van der Waals surface area contributed by atoms with Crippen LogP contribution in [0, 0.1) is 0 Å². The highest BCUT2D eigenvalue weighted by Gasteiger charge is 2.21. The van der Waals surface area contributed by atoms with E-state index < -0.39 is 12.0 Å². The van der Waals surface area contributed by atoms with Crippen molar-refractivity contribution in [1.29, 1.82) is 0 Å². The minimum absolute atomic E-state index is 0.101. The Balaban J connectivity index is 1.63. The van der Waals surface area contributed by atoms with Gasteiger partial charge in [-0.05, 0) is 42.5 Å². The third-order valence-electron chi connectivity index (χ3n) is 5.03. The number of carbonyl (C=O) groups is 1. The van der Waals surface area contributed by atoms with Crippen LogP contribution in [-0.4, -0.2) is 41.4 Å². The van der Waals surface area contributed by atoms with Crippen molar-refractivity contribution in [3.05, 3.63) is 95.9 Å². The molecule has 7 nitrogen and oxygen atoms in total. The van der Waals surface area contributed by atoms with Crippen LogP contribution in [0.15, 0.2) is 79.1 Å². The maximum absolute atomic E-state index is 12.1. The normalized spacial score (nSPS) is 11.8. The summed E-state index contributed by atoms with van der Waals surface area (Å²) in [7, 11) is 1.55. The van der Waals surface area contributed by atoms with Gasteiger partial charge in [0.15, 0.2) is 0 Å². The number of aromatic hydroxyl groups is 1. The minimum atomic E-state index is -0.429. The first-order valence-electron chi connectivity index (χ1n) is 10.2. The zero-order valence-electron chi connectivity index (χ0n) is 17.6. The van der Waals surface area contributed by atoms with E-state index in [1.165, 1.54) is 0 Å². The summed E-state index contributed by atoms with van der Waals surface area (Å²) in [4.78, 5) is 20.9. The van der Waals surface area contributed by atoms with Gasteiger partial charge in [-0.25, -0.2) is 4.79 Å². The number of carbonyl (C=O) groups excluding carboxylic acids is 1. The summed E-state index contributed by atoms with van der Waals surface area (Å²) in [6.45, 7) is 0.549. The third-order valence-corrected chi connectivity index (χ3v) is 5.03. The van der Waals surface area contributed by atoms with Crippen molar-refractivity contribution in [3.63, 3.8) is 0 Å². The van der Waals surface area contributed by atoms with Crippen molar-refractivity contribution in [2.45, 2.75) is 6.04 Å². The van der Waals surface area contributed by atoms with Crippen LogP contribution < -0.4 is 5.32 Å². The maximum atomic E-state index is 12.1. The summed E-state index contributed by atoms with van der Waals surface area (Å²) in [6.07, 6.45) is 3.36. The molecule has 0 aliphatic heterocycles. The lowest BCUT2D eigenvalue weighted by molar-refractivity contribution is 0.0388. The molecular formula is C25H23N3O4. The number of benzene rings is 2. The van der Waals surface area contributed by atoms with Gasteiger partial charge in [0.05, 0.1) is 23.9 Å². The molecule has 2 heterocycles. The van der Waals surface area contributed by atoms with Gasteiger partial charge in [0.1, 0.15) is 17.9 Å². The summed E-state index contributed by atoms with van der Waals surface area (Å²) >= 11 is 0. The first-order valence-corrected chi connectivity index (χ1v) is 10.2. The van der Waals surface area contributed by atoms with Gasteiger partial charge in [-0.1, -0.05) is 24.3 Å². The van der Waals surface area contributed by atoms with Crippen molar-refractivity contribution < 1.29 is 19.4 Å². The lowest BCUT2D eigenvalue weighted by Crippen LogP contribution is -2.14. The number of phenolic OH excluding ortho intramolecular Hbond substituents is 1. The molecule has 2 aromatic carbocycles. The molecule has 0 saturated carbocycles. The van der Waals surface area contributed by atoms with Crippen LogP contribution in [0.2, 0.25) is 0 Å². The second-order valence-electron chi connectivity index (χ2n) is 7.12. The molecule has 0 spiro atoms. The zero-order valence-corrected chi connectivity index (χ0v) is 17.6. The number of phenols is 1. The standard InChI is InChI=1S/C25H23N3O4/c1-31-15-16-32-25(30)18-7-10-19(11-8-18)28-23(21-6-2-3-13-26-21)20-12-9-17-5-4-14-27-22(17)24(20)29/h2-14,23,28-29H,15-16H2,1H3. The molecule has 0 bridgehead atoms. The lowest BCUT2D eigenvalue weighted by atomic mass is 9.99. The van der Waals surface area contributed by atoms with E-state index in [-0.39, 0.29) is 12.4 Å². The number of esters is 1. The number of ether oxygens (including phenoxy) is 2. The second kappa shape index (κ2) is 9.89. The number of nitrogens with zero attached hydrogens (tertiary/aromatic N) is 2. The molecule has 162 valence electrons. The highest BCUT2D eigenvalue weighted by molar-refractivity contribution is 5.90. The number of aromatic nitrogens is 2. The Morgan fingerprint density at radius 1 is 0.969 bits per heavy atom. The first kappa shape index (κ1) is 21.3. The summed E-state index contributed by atoms with van der Waals surface area (Å²) in [5.74, 6) is -0.308. The number of hydrogen-bond acceptors (Lipinski definition) is 7. The molecule has 32 heavy (non-hydrogen) atoms. The molecule has 1 unspecified atom stereocenters. The fourth-order valence-electron chi connectivity index (χ4n) is 3.41. The molecule has 4 rings (SSSR count). The number of anilines is 1. The van der Waals surface area contributed by atoms with Crippen molar-refractivity contribution in [1.82, 2.24) is 9.97 Å². The average molecular weight is 429 g/mol. The van der Waals surface area contributed by atoms with Gasteiger partial charge in [0.25, 0.3) is 0 Å². The molecule has 0 fully saturated rings. The summed E-state index contributed by atoms with van der Waals surface area (Å²) in [5, 5.41) is 15.2. The highest BCUT2D eigenvalue weighted by atomic mass is 16.6. The average Bonchev–Trinajstić information content (AvgIpc) is 2.84. The van der Waals surface area contributed by atoms with E-state index in [0.29, 0.717) is 23.3 Å². The monoisotopic (exact) mass is 429 g/mol. The number of hydrogen-bond donors (Lipinski definition) is 2. The van der Waals surface area contributed by atoms with Crippen LogP contribution >= 0.6 is 0 Å². The van der Waals surface area contributed by atoms with Gasteiger partial charge in [-0.3, -0.25) is 9.97 Å². The lowest BCUT2D eigenvalue weighted by Gasteiger charge is -2.21. The summed E-state index contributed by atoms with van der Waals surface area (Å²) in [6, 6.07) is 19.7. The van der Waals surface area contributed by atoms with Crippen LogP contribution in [-0.2, 0) is 9.47 Å². The maximum Gasteiger partial charge on any atom is 0.338 e. The van der Waals surface area contributed by atoms with Crippen LogP contribution in [0.1, 0.15) is 27.7 Å². The molecular weight excluding hydrogens is 406 g/mol. The molecule has 0 aliphatic rings. The Morgan fingerprint density at radius 2 is 1.78 bits per heavy atom. The van der Waals surface area contributed by atoms with E-state index in [9.17, 15) is 9.90 Å². The smallest absolute Gasteiger partial charge is 0.338 e. The Hall–Kier alpha value is -3.97. The second-order valence-corrected chi connectivity index (χ2v) is 7.12. The molecule has 7 heteroatoms. The van der Waals surface area contributed by atoms with Crippen molar-refractivity contribution in [3.8, 4) is 5.75 Å². The third kappa shape index (κ3) is 4.68. The van der Waals surface area contributed by atoms with Crippen molar-refractivity contribution >= 4 is 22.6 Å². The van der Waals surface area contributed by atoms with Crippen LogP contribution in [0.5, 0.6) is 5.75 Å². The summed E-state index contributed by atoms with van der Waals surface area (Å²) in [5.41, 5.74) is 3.12. The predicted molar refractivity (Wildman–Crippen MR) is 122 cm³/mol. The predicted octanol–water partition coefficient (Wildman–Crippen LogP) is 4.34. The SMILES string of the molecule is COCCOC(=O)c1ccc(NC(c2ccccn2)c2ccc3cccnc3c2O)cc1. The van der Waals surface area contributed by atoms with Crippen LogP contribution in [0.25, 0.3) is 10.9 Å². The van der Waals surface area contributed by atoms with E-state index in [1.54, 1.807) is 43.8 Å². The van der Waals surface area contributed by atoms with Gasteiger partial charge in [0.2, 0.25) is 0 Å². The molecule has 2 N–H and O–H groups in total. The topological polar surface area (TPSA) is 93.6 Å². The Morgan fingerprint density at radius 3 is 2.53 bits per heavy atom. The molecule has 2 aromatic heterocycles. The van der Waals surface area contributed by atoms with Gasteiger partial charge in [0, 0.05) is 36.1 Å². The van der Waals surface area contributed by atoms with E-state index >= 15 is 0 Å². The van der Waals surface area contributed by atoms with Gasteiger partial charge < -0.3 is 19.9 Å². The Bertz CT molecular complexity index is 1200. The number of pyridine rings is 2. The van der Waals surface area contributed by atoms with E-state index in [0.717, 1.165) is 16.8 Å². The summed E-state index contributed by atoms with van der Waals surface area (Å²) < 4.78 is 10.0. The molecule has 4 aromatic rings.